The highest BCUT2D eigenvalue weighted by Gasteiger charge is 2.21. The lowest BCUT2D eigenvalue weighted by molar-refractivity contribution is 0.448. The molecule has 1 aliphatic heterocycles. The molecule has 4 rings (SSSR count). The molecule has 0 aliphatic carbocycles. The van der Waals surface area contributed by atoms with Gasteiger partial charge in [-0.2, -0.15) is 0 Å². The summed E-state index contributed by atoms with van der Waals surface area (Å²) in [6.45, 7) is 1.86. The highest BCUT2D eigenvalue weighted by molar-refractivity contribution is 7.98. The molecule has 6 nitrogen and oxygen atoms in total. The third-order valence-corrected chi connectivity index (χ3v) is 7.85. The standard InChI is InChI=1S/C18H18N4O2S3/c1-25-18-20-8-7-15(21-18)16-5-6-17(26-16)27(23,24)22-14-4-2-3-12(9-14)13-10-19-11-13/h2-9,13,19,22H,10-11H2,1H3. The van der Waals surface area contributed by atoms with Crippen LogP contribution in [0.25, 0.3) is 10.6 Å². The largest absolute Gasteiger partial charge is 0.315 e. The SMILES string of the molecule is CSc1nccc(-c2ccc(S(=O)(=O)Nc3cccc(C4CNC4)c3)s2)n1. The summed E-state index contributed by atoms with van der Waals surface area (Å²) in [7, 11) is -3.64. The molecule has 0 bridgehead atoms. The number of thiophene rings is 1. The van der Waals surface area contributed by atoms with Crippen LogP contribution in [0.4, 0.5) is 5.69 Å². The minimum absolute atomic E-state index is 0.262. The second-order valence-electron chi connectivity index (χ2n) is 6.13. The summed E-state index contributed by atoms with van der Waals surface area (Å²) in [5.41, 5.74) is 2.45. The summed E-state index contributed by atoms with van der Waals surface area (Å²) in [4.78, 5) is 9.37. The van der Waals surface area contributed by atoms with Crippen molar-refractivity contribution in [2.45, 2.75) is 15.3 Å². The molecular weight excluding hydrogens is 400 g/mol. The van der Waals surface area contributed by atoms with Gasteiger partial charge < -0.3 is 5.32 Å². The Hall–Kier alpha value is -1.94. The van der Waals surface area contributed by atoms with Gasteiger partial charge in [0.1, 0.15) is 4.21 Å². The molecule has 27 heavy (non-hydrogen) atoms. The normalized spacial score (nSPS) is 14.7. The zero-order chi connectivity index (χ0) is 18.9. The number of aromatic nitrogens is 2. The fourth-order valence-corrected chi connectivity index (χ4v) is 5.45. The van der Waals surface area contributed by atoms with Gasteiger partial charge >= 0.3 is 0 Å². The summed E-state index contributed by atoms with van der Waals surface area (Å²) < 4.78 is 28.5. The van der Waals surface area contributed by atoms with E-state index in [4.69, 9.17) is 0 Å². The van der Waals surface area contributed by atoms with Gasteiger partial charge in [0.2, 0.25) is 0 Å². The van der Waals surface area contributed by atoms with Gasteiger partial charge in [-0.15, -0.1) is 11.3 Å². The van der Waals surface area contributed by atoms with Crippen LogP contribution in [0.5, 0.6) is 0 Å². The fraction of sp³-hybridized carbons (Fsp3) is 0.222. The molecule has 9 heteroatoms. The molecule has 140 valence electrons. The van der Waals surface area contributed by atoms with Gasteiger partial charge in [0, 0.05) is 30.9 Å². The second kappa shape index (κ2) is 7.59. The topological polar surface area (TPSA) is 84.0 Å². The Kier molecular flexibility index (Phi) is 5.18. The Labute approximate surface area is 166 Å². The van der Waals surface area contributed by atoms with E-state index in [-0.39, 0.29) is 4.21 Å². The van der Waals surface area contributed by atoms with Gasteiger partial charge in [0.05, 0.1) is 10.6 Å². The van der Waals surface area contributed by atoms with Crippen molar-refractivity contribution in [3.63, 3.8) is 0 Å². The van der Waals surface area contributed by atoms with Crippen LogP contribution in [0.15, 0.2) is 58.0 Å². The van der Waals surface area contributed by atoms with E-state index < -0.39 is 10.0 Å². The molecule has 0 spiro atoms. The highest BCUT2D eigenvalue weighted by atomic mass is 32.2. The molecule has 2 N–H and O–H groups in total. The Morgan fingerprint density at radius 1 is 1.22 bits per heavy atom. The molecule has 0 saturated carbocycles. The average molecular weight is 419 g/mol. The number of benzene rings is 1. The van der Waals surface area contributed by atoms with Crippen LogP contribution in [0, 0.1) is 0 Å². The molecule has 3 heterocycles. The van der Waals surface area contributed by atoms with E-state index in [1.54, 1.807) is 30.5 Å². The maximum absolute atomic E-state index is 12.8. The summed E-state index contributed by atoms with van der Waals surface area (Å²) in [5, 5.41) is 3.89. The van der Waals surface area contributed by atoms with Crippen molar-refractivity contribution >= 4 is 38.8 Å². The molecule has 0 atom stereocenters. The van der Waals surface area contributed by atoms with Crippen molar-refractivity contribution < 1.29 is 8.42 Å². The number of nitrogens with zero attached hydrogens (tertiary/aromatic N) is 2. The minimum Gasteiger partial charge on any atom is -0.315 e. The second-order valence-corrected chi connectivity index (χ2v) is 9.90. The molecular formula is C18H18N4O2S3. The van der Waals surface area contributed by atoms with Crippen LogP contribution < -0.4 is 10.0 Å². The van der Waals surface area contributed by atoms with Crippen molar-refractivity contribution in [3.05, 3.63) is 54.2 Å². The molecule has 1 aromatic carbocycles. The molecule has 2 aromatic heterocycles. The van der Waals surface area contributed by atoms with Crippen LogP contribution in [0.3, 0.4) is 0 Å². The number of anilines is 1. The lowest BCUT2D eigenvalue weighted by Crippen LogP contribution is -2.39. The van der Waals surface area contributed by atoms with Crippen LogP contribution in [0.2, 0.25) is 0 Å². The van der Waals surface area contributed by atoms with Gasteiger partial charge in [-0.05, 0) is 42.2 Å². The summed E-state index contributed by atoms with van der Waals surface area (Å²) >= 11 is 2.65. The number of rotatable bonds is 6. The summed E-state index contributed by atoms with van der Waals surface area (Å²) in [6.07, 6.45) is 3.59. The van der Waals surface area contributed by atoms with E-state index >= 15 is 0 Å². The number of sulfonamides is 1. The third-order valence-electron chi connectivity index (χ3n) is 4.31. The molecule has 1 fully saturated rings. The monoisotopic (exact) mass is 418 g/mol. The fourth-order valence-electron chi connectivity index (χ4n) is 2.76. The van der Waals surface area contributed by atoms with Crippen LogP contribution in [-0.2, 0) is 10.0 Å². The van der Waals surface area contributed by atoms with Crippen molar-refractivity contribution in [1.82, 2.24) is 15.3 Å². The average Bonchev–Trinajstić information content (AvgIpc) is 3.11. The Morgan fingerprint density at radius 2 is 2.07 bits per heavy atom. The van der Waals surface area contributed by atoms with E-state index in [0.717, 1.165) is 29.2 Å². The zero-order valence-electron chi connectivity index (χ0n) is 14.5. The van der Waals surface area contributed by atoms with Crippen molar-refractivity contribution in [3.8, 4) is 10.6 Å². The smallest absolute Gasteiger partial charge is 0.271 e. The third kappa shape index (κ3) is 4.01. The van der Waals surface area contributed by atoms with Gasteiger partial charge in [0.15, 0.2) is 5.16 Å². The van der Waals surface area contributed by atoms with Crippen molar-refractivity contribution in [2.75, 3.05) is 24.1 Å². The zero-order valence-corrected chi connectivity index (χ0v) is 17.0. The molecule has 0 radical (unpaired) electrons. The van der Waals surface area contributed by atoms with Crippen LogP contribution in [0.1, 0.15) is 11.5 Å². The lowest BCUT2D eigenvalue weighted by atomic mass is 9.94. The van der Waals surface area contributed by atoms with Crippen LogP contribution in [-0.4, -0.2) is 37.7 Å². The predicted octanol–water partition coefficient (Wildman–Crippen LogP) is 3.41. The first-order valence-corrected chi connectivity index (χ1v) is 11.9. The number of nitrogens with one attached hydrogen (secondary N) is 2. The Morgan fingerprint density at radius 3 is 2.81 bits per heavy atom. The van der Waals surface area contributed by atoms with Gasteiger partial charge in [-0.3, -0.25) is 4.72 Å². The van der Waals surface area contributed by atoms with Gasteiger partial charge in [-0.1, -0.05) is 23.9 Å². The molecule has 0 unspecified atom stereocenters. The van der Waals surface area contributed by atoms with E-state index in [1.165, 1.54) is 23.1 Å². The maximum atomic E-state index is 12.8. The first-order chi connectivity index (χ1) is 13.0. The minimum atomic E-state index is -3.64. The highest BCUT2D eigenvalue weighted by Crippen LogP contribution is 2.31. The predicted molar refractivity (Wildman–Crippen MR) is 110 cm³/mol. The summed E-state index contributed by atoms with van der Waals surface area (Å²) in [5.74, 6) is 0.450. The molecule has 1 aliphatic rings. The van der Waals surface area contributed by atoms with Crippen LogP contribution >= 0.6 is 23.1 Å². The lowest BCUT2D eigenvalue weighted by Gasteiger charge is -2.27. The van der Waals surface area contributed by atoms with Crippen molar-refractivity contribution in [1.29, 1.82) is 0 Å². The van der Waals surface area contributed by atoms with Crippen molar-refractivity contribution in [2.24, 2.45) is 0 Å². The number of thioether (sulfide) groups is 1. The first kappa shape index (κ1) is 18.4. The number of hydrogen-bond acceptors (Lipinski definition) is 7. The molecule has 3 aromatic rings. The Bertz CT molecular complexity index is 1060. The molecule has 1 saturated heterocycles. The van der Waals surface area contributed by atoms with E-state index in [9.17, 15) is 8.42 Å². The first-order valence-electron chi connectivity index (χ1n) is 8.36. The summed E-state index contributed by atoms with van der Waals surface area (Å²) in [6, 6.07) is 12.8. The Balaban J connectivity index is 1.56. The quantitative estimate of drug-likeness (QED) is 0.471. The van der Waals surface area contributed by atoms with Gasteiger partial charge in [-0.25, -0.2) is 18.4 Å². The number of hydrogen-bond donors (Lipinski definition) is 2. The van der Waals surface area contributed by atoms with Gasteiger partial charge in [0.25, 0.3) is 10.0 Å². The maximum Gasteiger partial charge on any atom is 0.271 e. The van der Waals surface area contributed by atoms with E-state index in [2.05, 4.69) is 20.0 Å². The molecule has 0 amide bonds. The van der Waals surface area contributed by atoms with E-state index in [1.807, 2.05) is 24.5 Å². The van der Waals surface area contributed by atoms with E-state index in [0.29, 0.717) is 16.8 Å².